The van der Waals surface area contributed by atoms with Crippen LogP contribution in [0.25, 0.3) is 0 Å². The Bertz CT molecular complexity index is 229. The summed E-state index contributed by atoms with van der Waals surface area (Å²) in [4.78, 5) is 0. The molecule has 1 aliphatic heterocycles. The zero-order valence-corrected chi connectivity index (χ0v) is 11.7. The second kappa shape index (κ2) is 8.33. The Morgan fingerprint density at radius 1 is 1.71 bits per heavy atom. The van der Waals surface area contributed by atoms with Gasteiger partial charge >= 0.3 is 103 Å². The van der Waals surface area contributed by atoms with E-state index in [2.05, 4.69) is 0 Å². The van der Waals surface area contributed by atoms with Crippen LogP contribution >= 0.6 is 40.5 Å². The summed E-state index contributed by atoms with van der Waals surface area (Å²) in [5.74, 6) is 0. The second-order valence-electron chi connectivity index (χ2n) is 3.06. The van der Waals surface area contributed by atoms with Crippen LogP contribution < -0.4 is 0 Å². The number of rotatable bonds is 6. The molecule has 0 N–H and O–H groups in total. The standard InChI is InChI=1S/C7H13BIO3PS/c9-8-13(10)14-12-6-2-4-7-3-1-5-11-7/h7H,1-6H2/t7-/m1/s1. The molecular weight excluding hydrogens is 333 g/mol. The van der Waals surface area contributed by atoms with Crippen molar-refractivity contribution in [2.75, 3.05) is 13.2 Å². The van der Waals surface area contributed by atoms with E-state index in [1.165, 1.54) is 12.8 Å². The average molecular weight is 346 g/mol. The first-order valence-electron chi connectivity index (χ1n) is 4.64. The monoisotopic (exact) mass is 346 g/mol. The number of hydrogen-bond acceptors (Lipinski definition) is 4. The van der Waals surface area contributed by atoms with Gasteiger partial charge in [0.25, 0.3) is 0 Å². The van der Waals surface area contributed by atoms with Gasteiger partial charge in [-0.1, -0.05) is 0 Å². The third-order valence-corrected chi connectivity index (χ3v) is 6.29. The van der Waals surface area contributed by atoms with Crippen LogP contribution in [0.5, 0.6) is 0 Å². The molecule has 14 heavy (non-hydrogen) atoms. The van der Waals surface area contributed by atoms with Gasteiger partial charge < -0.3 is 0 Å². The fourth-order valence-electron chi connectivity index (χ4n) is 1.35. The van der Waals surface area contributed by atoms with Crippen molar-refractivity contribution in [1.29, 1.82) is 0 Å². The van der Waals surface area contributed by atoms with E-state index in [-0.39, 0.29) is 0 Å². The van der Waals surface area contributed by atoms with E-state index in [1.54, 1.807) is 4.47 Å². The van der Waals surface area contributed by atoms with Gasteiger partial charge in [-0.3, -0.25) is 0 Å². The molecule has 2 atom stereocenters. The van der Waals surface area contributed by atoms with Gasteiger partial charge in [-0.25, -0.2) is 0 Å². The van der Waals surface area contributed by atoms with E-state index in [0.717, 1.165) is 31.1 Å². The number of hydrogen-bond donors (Lipinski definition) is 0. The Morgan fingerprint density at radius 2 is 2.57 bits per heavy atom. The normalized spacial score (nSPS) is 22.4. The van der Waals surface area contributed by atoms with E-state index in [9.17, 15) is 4.57 Å². The minimum absolute atomic E-state index is 0.438. The maximum atomic E-state index is 10.9. The SMILES string of the molecule is O=P(=BI)SOCCC[C@H]1CCCO1. The van der Waals surface area contributed by atoms with Crippen LogP contribution in [-0.4, -0.2) is 23.8 Å². The molecule has 0 amide bonds. The van der Waals surface area contributed by atoms with Gasteiger partial charge in [0.15, 0.2) is 0 Å². The molecule has 1 rings (SSSR count). The fourth-order valence-corrected chi connectivity index (χ4v) is 3.14. The molecule has 1 unspecified atom stereocenters. The Kier molecular flexibility index (Phi) is 7.87. The van der Waals surface area contributed by atoms with Gasteiger partial charge in [0.2, 0.25) is 0 Å². The predicted octanol–water partition coefficient (Wildman–Crippen LogP) is 3.32. The van der Waals surface area contributed by atoms with Gasteiger partial charge in [-0.2, -0.15) is 0 Å². The van der Waals surface area contributed by atoms with Crippen LogP contribution in [0.1, 0.15) is 25.7 Å². The quantitative estimate of drug-likeness (QED) is 0.243. The molecule has 0 bridgehead atoms. The van der Waals surface area contributed by atoms with Crippen LogP contribution in [0, 0.1) is 0 Å². The Balaban J connectivity index is 1.91. The second-order valence-corrected chi connectivity index (χ2v) is 7.41. The third-order valence-electron chi connectivity index (χ3n) is 1.98. The Morgan fingerprint density at radius 3 is 3.21 bits per heavy atom. The summed E-state index contributed by atoms with van der Waals surface area (Å²) in [5.41, 5.74) is 0. The fraction of sp³-hybridized carbons (Fsp3) is 1.00. The van der Waals surface area contributed by atoms with Crippen molar-refractivity contribution >= 4 is 45.0 Å². The van der Waals surface area contributed by atoms with Gasteiger partial charge in [0.05, 0.1) is 0 Å². The van der Waals surface area contributed by atoms with Crippen molar-refractivity contribution in [1.82, 2.24) is 0 Å². The van der Waals surface area contributed by atoms with Crippen molar-refractivity contribution in [3.8, 4) is 0 Å². The van der Waals surface area contributed by atoms with E-state index in [1.807, 2.05) is 22.4 Å². The van der Waals surface area contributed by atoms with Crippen molar-refractivity contribution < 1.29 is 13.5 Å². The summed E-state index contributed by atoms with van der Waals surface area (Å²) in [6, 6.07) is 0. The zero-order chi connectivity index (χ0) is 10.2. The van der Waals surface area contributed by atoms with Crippen molar-refractivity contribution in [2.45, 2.75) is 31.8 Å². The topological polar surface area (TPSA) is 35.5 Å². The molecule has 1 saturated heterocycles. The number of halogens is 1. The van der Waals surface area contributed by atoms with Gasteiger partial charge in [-0.05, 0) is 0 Å². The van der Waals surface area contributed by atoms with Crippen LogP contribution in [0.15, 0.2) is 0 Å². The first-order valence-corrected chi connectivity index (χ1v) is 8.56. The van der Waals surface area contributed by atoms with Crippen molar-refractivity contribution in [3.05, 3.63) is 0 Å². The molecule has 1 aliphatic rings. The summed E-state index contributed by atoms with van der Waals surface area (Å²) in [6.07, 6.45) is 4.86. The molecule has 3 nitrogen and oxygen atoms in total. The molecule has 1 fully saturated rings. The Labute approximate surface area is 103 Å². The van der Waals surface area contributed by atoms with Crippen LogP contribution in [0.3, 0.4) is 0 Å². The molecule has 0 aromatic rings. The molecule has 0 aromatic heterocycles. The van der Waals surface area contributed by atoms with Gasteiger partial charge in [0, 0.05) is 0 Å². The molecule has 0 radical (unpaired) electrons. The summed E-state index contributed by atoms with van der Waals surface area (Å²) in [5, 5.41) is 0. The summed E-state index contributed by atoms with van der Waals surface area (Å²) >= 11 is 3.04. The molecule has 0 aromatic carbocycles. The molecular formula is C7H13BIO3PS. The van der Waals surface area contributed by atoms with E-state index < -0.39 is 6.49 Å². The van der Waals surface area contributed by atoms with Crippen molar-refractivity contribution in [2.24, 2.45) is 0 Å². The zero-order valence-electron chi connectivity index (χ0n) is 7.86. The van der Waals surface area contributed by atoms with Gasteiger partial charge in [0.1, 0.15) is 0 Å². The summed E-state index contributed by atoms with van der Waals surface area (Å²) < 4.78 is 23.2. The van der Waals surface area contributed by atoms with Crippen LogP contribution in [-0.2, 0) is 13.5 Å². The maximum absolute atomic E-state index is 10.9. The van der Waals surface area contributed by atoms with Crippen molar-refractivity contribution in [3.63, 3.8) is 0 Å². The molecule has 80 valence electrons. The molecule has 0 spiro atoms. The summed E-state index contributed by atoms with van der Waals surface area (Å²) in [7, 11) is 0. The predicted molar refractivity (Wildman–Crippen MR) is 69.1 cm³/mol. The van der Waals surface area contributed by atoms with E-state index in [0.29, 0.717) is 12.7 Å². The average Bonchev–Trinajstić information content (AvgIpc) is 2.69. The van der Waals surface area contributed by atoms with Crippen LogP contribution in [0.4, 0.5) is 0 Å². The Hall–Kier alpha value is 1.16. The van der Waals surface area contributed by atoms with Crippen LogP contribution in [0.2, 0.25) is 0 Å². The molecule has 1 heterocycles. The molecule has 7 heteroatoms. The third kappa shape index (κ3) is 5.90. The number of ether oxygens (including phenoxy) is 1. The van der Waals surface area contributed by atoms with E-state index in [4.69, 9.17) is 8.92 Å². The summed E-state index contributed by atoms with van der Waals surface area (Å²) in [6.45, 7) is 0.245. The molecule has 0 saturated carbocycles. The first-order chi connectivity index (χ1) is 6.83. The molecule has 0 aliphatic carbocycles. The first kappa shape index (κ1) is 13.2. The van der Waals surface area contributed by atoms with E-state index >= 15 is 0 Å². The minimum atomic E-state index is -1.33. The van der Waals surface area contributed by atoms with Gasteiger partial charge in [-0.15, -0.1) is 0 Å².